The monoisotopic (exact) mass is 590 g/mol. The third-order valence-corrected chi connectivity index (χ3v) is 10.2. The molecule has 0 amide bonds. The highest BCUT2D eigenvalue weighted by molar-refractivity contribution is 7.25. The largest absolute Gasteiger partial charge is 0.681 e. The Hall–Kier alpha value is -5.44. The van der Waals surface area contributed by atoms with E-state index in [4.69, 9.17) is 5.32 Å². The molecule has 7 aromatic carbocycles. The van der Waals surface area contributed by atoms with Gasteiger partial charge < -0.3 is 5.32 Å². The number of nitrogens with zero attached hydrogens (tertiary/aromatic N) is 1. The lowest BCUT2D eigenvalue weighted by Gasteiger charge is -2.32. The Morgan fingerprint density at radius 1 is 0.444 bits per heavy atom. The van der Waals surface area contributed by atoms with Crippen LogP contribution in [0.15, 0.2) is 164 Å². The second kappa shape index (κ2) is 10.6. The van der Waals surface area contributed by atoms with Crippen molar-refractivity contribution in [3.05, 3.63) is 180 Å². The first-order valence-corrected chi connectivity index (χ1v) is 16.2. The lowest BCUT2D eigenvalue weighted by atomic mass is 9.85. The third-order valence-electron chi connectivity index (χ3n) is 9.08. The summed E-state index contributed by atoms with van der Waals surface area (Å²) >= 11 is 1.86. The first kappa shape index (κ1) is 26.0. The number of hydrogen-bond donors (Lipinski definition) is 0. The van der Waals surface area contributed by atoms with Crippen LogP contribution in [0.1, 0.15) is 17.2 Å². The van der Waals surface area contributed by atoms with Gasteiger partial charge in [-0.25, -0.2) is 0 Å². The highest BCUT2D eigenvalue weighted by atomic mass is 32.1. The van der Waals surface area contributed by atoms with Crippen molar-refractivity contribution in [1.82, 2.24) is 0 Å². The van der Waals surface area contributed by atoms with Crippen LogP contribution in [0.5, 0.6) is 0 Å². The highest BCUT2D eigenvalue weighted by Crippen LogP contribution is 2.44. The van der Waals surface area contributed by atoms with Gasteiger partial charge in [0.15, 0.2) is 0 Å². The van der Waals surface area contributed by atoms with Crippen molar-refractivity contribution in [2.24, 2.45) is 0 Å². The molecule has 1 aliphatic rings. The smallest absolute Gasteiger partial charge is 0.0355 e. The van der Waals surface area contributed by atoms with E-state index < -0.39 is 0 Å². The van der Waals surface area contributed by atoms with Gasteiger partial charge in [-0.2, -0.15) is 6.20 Å². The fraction of sp³-hybridized carbons (Fsp3) is 0.0233. The molecule has 0 bridgehead atoms. The first-order valence-electron chi connectivity index (χ1n) is 15.4. The van der Waals surface area contributed by atoms with Crippen LogP contribution in [-0.4, -0.2) is 0 Å². The summed E-state index contributed by atoms with van der Waals surface area (Å²) in [5.74, 6) is 0. The summed E-state index contributed by atoms with van der Waals surface area (Å²) < 4.78 is 2.67. The highest BCUT2D eigenvalue weighted by Gasteiger charge is 2.17. The molecule has 1 unspecified atom stereocenters. The predicted octanol–water partition coefficient (Wildman–Crippen LogP) is 12.7. The molecule has 212 valence electrons. The van der Waals surface area contributed by atoms with Crippen LogP contribution in [0.25, 0.3) is 74.9 Å². The Kier molecular flexibility index (Phi) is 6.14. The molecule has 1 aromatic heterocycles. The van der Waals surface area contributed by atoms with Crippen LogP contribution in [0.2, 0.25) is 0 Å². The van der Waals surface area contributed by atoms with Crippen molar-refractivity contribution in [2.75, 3.05) is 0 Å². The Bertz CT molecular complexity index is 2390. The molecule has 1 atom stereocenters. The van der Waals surface area contributed by atoms with Crippen LogP contribution >= 0.6 is 11.3 Å². The van der Waals surface area contributed by atoms with Crippen molar-refractivity contribution in [1.29, 1.82) is 0 Å². The summed E-state index contributed by atoms with van der Waals surface area (Å²) in [7, 11) is 0. The second-order valence-electron chi connectivity index (χ2n) is 11.7. The Balaban J connectivity index is 1.05. The molecule has 45 heavy (non-hydrogen) atoms. The maximum absolute atomic E-state index is 5.07. The van der Waals surface area contributed by atoms with E-state index in [9.17, 15) is 0 Å². The number of allylic oxidation sites excluding steroid dienone is 2. The fourth-order valence-corrected chi connectivity index (χ4v) is 8.01. The minimum atomic E-state index is -0.00721. The lowest BCUT2D eigenvalue weighted by molar-refractivity contribution is 1.03. The van der Waals surface area contributed by atoms with E-state index in [1.807, 2.05) is 11.3 Å². The van der Waals surface area contributed by atoms with Gasteiger partial charge in [0, 0.05) is 20.2 Å². The van der Waals surface area contributed by atoms with Gasteiger partial charge in [-0.3, -0.25) is 0 Å². The van der Waals surface area contributed by atoms with E-state index in [-0.39, 0.29) is 6.04 Å². The molecule has 2 heteroatoms. The predicted molar refractivity (Wildman–Crippen MR) is 195 cm³/mol. The average molecular weight is 591 g/mol. The van der Waals surface area contributed by atoms with Crippen molar-refractivity contribution >= 4 is 58.6 Å². The van der Waals surface area contributed by atoms with Crippen LogP contribution < -0.4 is 0 Å². The average Bonchev–Trinajstić information content (AvgIpc) is 3.49. The molecule has 0 radical (unpaired) electrons. The van der Waals surface area contributed by atoms with Gasteiger partial charge >= 0.3 is 0 Å². The summed E-state index contributed by atoms with van der Waals surface area (Å²) in [6, 6.07) is 52.7. The molecular formula is C43H28NS-. The van der Waals surface area contributed by atoms with E-state index in [0.717, 1.165) is 5.57 Å². The SMILES string of the molecule is C1=CC(c2ccc(-c3ccc4sc5ccccc5c4c3)cc2)[N-]C=C1c1c2ccccc2c(-c2ccccc2)c2ccccc12. The van der Waals surface area contributed by atoms with E-state index in [1.54, 1.807) is 0 Å². The molecular weight excluding hydrogens is 563 g/mol. The molecule has 0 N–H and O–H groups in total. The fourth-order valence-electron chi connectivity index (χ4n) is 6.93. The molecule has 0 fully saturated rings. The molecule has 2 heterocycles. The van der Waals surface area contributed by atoms with Crippen molar-refractivity contribution in [2.45, 2.75) is 6.04 Å². The van der Waals surface area contributed by atoms with Gasteiger partial charge in [-0.1, -0.05) is 151 Å². The summed E-state index contributed by atoms with van der Waals surface area (Å²) in [6.45, 7) is 0. The molecule has 1 aliphatic heterocycles. The van der Waals surface area contributed by atoms with Crippen molar-refractivity contribution < 1.29 is 0 Å². The third kappa shape index (κ3) is 4.37. The lowest BCUT2D eigenvalue weighted by Crippen LogP contribution is -1.99. The zero-order valence-electron chi connectivity index (χ0n) is 24.5. The first-order chi connectivity index (χ1) is 22.3. The molecule has 8 aromatic rings. The van der Waals surface area contributed by atoms with E-state index in [1.165, 1.54) is 75.1 Å². The van der Waals surface area contributed by atoms with E-state index in [0.29, 0.717) is 0 Å². The van der Waals surface area contributed by atoms with Gasteiger partial charge in [0.25, 0.3) is 0 Å². The number of hydrogen-bond acceptors (Lipinski definition) is 1. The number of thiophene rings is 1. The van der Waals surface area contributed by atoms with Gasteiger partial charge in [0.05, 0.1) is 0 Å². The summed E-state index contributed by atoms with van der Waals surface area (Å²) in [6.07, 6.45) is 6.57. The maximum Gasteiger partial charge on any atom is 0.0355 e. The molecule has 0 aliphatic carbocycles. The molecule has 0 saturated carbocycles. The molecule has 0 saturated heterocycles. The molecule has 0 spiro atoms. The van der Waals surface area contributed by atoms with Crippen LogP contribution in [0, 0.1) is 0 Å². The number of fused-ring (bicyclic) bond motifs is 5. The standard InChI is InChI=1S/C43H28NS/c1-2-10-30(11-3-1)42-34-13-4-6-15-36(34)43(37-16-7-5-14-35(37)42)32-22-24-39(44-27-32)29-20-18-28(19-21-29)31-23-25-41-38(26-31)33-12-8-9-17-40(33)45-41/h1-27,39H/q-1. The Morgan fingerprint density at radius 3 is 1.69 bits per heavy atom. The van der Waals surface area contributed by atoms with Crippen molar-refractivity contribution in [3.63, 3.8) is 0 Å². The normalized spacial score (nSPS) is 14.7. The molecule has 9 rings (SSSR count). The number of benzene rings is 7. The summed E-state index contributed by atoms with van der Waals surface area (Å²) in [4.78, 5) is 0. The van der Waals surface area contributed by atoms with E-state index in [2.05, 4.69) is 164 Å². The Morgan fingerprint density at radius 2 is 1.02 bits per heavy atom. The van der Waals surface area contributed by atoms with E-state index >= 15 is 0 Å². The van der Waals surface area contributed by atoms with Crippen molar-refractivity contribution in [3.8, 4) is 22.3 Å². The minimum Gasteiger partial charge on any atom is -0.681 e. The Labute approximate surface area is 266 Å². The second-order valence-corrected chi connectivity index (χ2v) is 12.8. The van der Waals surface area contributed by atoms with Crippen LogP contribution in [0.4, 0.5) is 0 Å². The molecule has 1 nitrogen and oxygen atoms in total. The minimum absolute atomic E-state index is 0.00721. The summed E-state index contributed by atoms with van der Waals surface area (Å²) in [5.41, 5.74) is 8.57. The zero-order chi connectivity index (χ0) is 29.7. The van der Waals surface area contributed by atoms with Crippen LogP contribution in [0.3, 0.4) is 0 Å². The topological polar surface area (TPSA) is 14.1 Å². The zero-order valence-corrected chi connectivity index (χ0v) is 25.3. The van der Waals surface area contributed by atoms with Gasteiger partial charge in [0.2, 0.25) is 0 Å². The maximum atomic E-state index is 5.07. The van der Waals surface area contributed by atoms with Gasteiger partial charge in [-0.15, -0.1) is 11.3 Å². The van der Waals surface area contributed by atoms with Gasteiger partial charge in [0.1, 0.15) is 0 Å². The van der Waals surface area contributed by atoms with Crippen LogP contribution in [-0.2, 0) is 0 Å². The number of rotatable bonds is 4. The van der Waals surface area contributed by atoms with Gasteiger partial charge in [-0.05, 0) is 73.1 Å². The quantitative estimate of drug-likeness (QED) is 0.181. The summed E-state index contributed by atoms with van der Waals surface area (Å²) in [5, 5.41) is 12.8.